The summed E-state index contributed by atoms with van der Waals surface area (Å²) in [5.74, 6) is -2.32. The lowest BCUT2D eigenvalue weighted by atomic mass is 10.1. The van der Waals surface area contributed by atoms with Crippen molar-refractivity contribution in [2.24, 2.45) is 5.92 Å². The quantitative estimate of drug-likeness (QED) is 0.375. The molecule has 0 aromatic rings. The maximum atomic E-state index is 11.4. The summed E-state index contributed by atoms with van der Waals surface area (Å²) in [4.78, 5) is 22.9. The van der Waals surface area contributed by atoms with Gasteiger partial charge in [-0.15, -0.1) is 0 Å². The van der Waals surface area contributed by atoms with Gasteiger partial charge in [0.05, 0.1) is 0 Å². The van der Waals surface area contributed by atoms with E-state index in [1.165, 1.54) is 18.2 Å². The Morgan fingerprint density at radius 1 is 1.12 bits per heavy atom. The van der Waals surface area contributed by atoms with E-state index >= 15 is 0 Å². The summed E-state index contributed by atoms with van der Waals surface area (Å²) in [6.45, 7) is 8.66. The van der Waals surface area contributed by atoms with Crippen molar-refractivity contribution in [1.82, 2.24) is 0 Å². The SMILES string of the molecule is C=CCOC(=O)C(/C=C/C)C(=O)OCC=C. The number of allylic oxidation sites excluding steroid dienone is 1. The van der Waals surface area contributed by atoms with Gasteiger partial charge in [0.1, 0.15) is 13.2 Å². The highest BCUT2D eigenvalue weighted by atomic mass is 16.6. The Bertz CT molecular complexity index is 267. The van der Waals surface area contributed by atoms with E-state index in [2.05, 4.69) is 13.2 Å². The molecule has 0 aliphatic heterocycles. The van der Waals surface area contributed by atoms with Crippen LogP contribution in [0.2, 0.25) is 0 Å². The minimum atomic E-state index is -1.02. The van der Waals surface area contributed by atoms with Crippen molar-refractivity contribution >= 4 is 11.9 Å². The summed E-state index contributed by atoms with van der Waals surface area (Å²) in [6, 6.07) is 0. The van der Waals surface area contributed by atoms with Crippen molar-refractivity contribution in [3.05, 3.63) is 37.5 Å². The van der Waals surface area contributed by atoms with Gasteiger partial charge in [0.15, 0.2) is 5.92 Å². The van der Waals surface area contributed by atoms with Gasteiger partial charge in [0.25, 0.3) is 0 Å². The molecule has 0 bridgehead atoms. The van der Waals surface area contributed by atoms with Gasteiger partial charge < -0.3 is 9.47 Å². The summed E-state index contributed by atoms with van der Waals surface area (Å²) >= 11 is 0. The molecule has 0 saturated heterocycles. The van der Waals surface area contributed by atoms with E-state index in [0.29, 0.717) is 0 Å². The monoisotopic (exact) mass is 224 g/mol. The molecule has 16 heavy (non-hydrogen) atoms. The molecule has 0 unspecified atom stereocenters. The second-order valence-corrected chi connectivity index (χ2v) is 2.84. The van der Waals surface area contributed by atoms with E-state index in [9.17, 15) is 9.59 Å². The molecule has 0 atom stereocenters. The predicted octanol–water partition coefficient (Wildman–Crippen LogP) is 1.64. The first-order valence-electron chi connectivity index (χ1n) is 4.85. The topological polar surface area (TPSA) is 52.6 Å². The molecule has 0 aliphatic rings. The molecule has 0 saturated carbocycles. The molecule has 0 heterocycles. The average Bonchev–Trinajstić information content (AvgIpc) is 2.29. The lowest BCUT2D eigenvalue weighted by Gasteiger charge is -2.10. The van der Waals surface area contributed by atoms with Gasteiger partial charge in [-0.25, -0.2) is 0 Å². The number of hydrogen-bond acceptors (Lipinski definition) is 4. The second kappa shape index (κ2) is 8.47. The van der Waals surface area contributed by atoms with Gasteiger partial charge in [0.2, 0.25) is 0 Å². The normalized spacial score (nSPS) is 10.1. The fourth-order valence-electron chi connectivity index (χ4n) is 0.907. The van der Waals surface area contributed by atoms with Crippen LogP contribution in [-0.2, 0) is 19.1 Å². The third kappa shape index (κ3) is 5.14. The number of carbonyl (C=O) groups excluding carboxylic acids is 2. The van der Waals surface area contributed by atoms with E-state index in [1.54, 1.807) is 13.0 Å². The Morgan fingerprint density at radius 3 is 1.88 bits per heavy atom. The van der Waals surface area contributed by atoms with E-state index in [1.807, 2.05) is 0 Å². The van der Waals surface area contributed by atoms with Crippen LogP contribution in [0.5, 0.6) is 0 Å². The van der Waals surface area contributed by atoms with E-state index in [4.69, 9.17) is 9.47 Å². The third-order valence-electron chi connectivity index (χ3n) is 1.58. The maximum Gasteiger partial charge on any atom is 0.324 e. The molecule has 0 N–H and O–H groups in total. The lowest BCUT2D eigenvalue weighted by molar-refractivity contribution is -0.158. The van der Waals surface area contributed by atoms with Crippen LogP contribution in [0.3, 0.4) is 0 Å². The maximum absolute atomic E-state index is 11.4. The highest BCUT2D eigenvalue weighted by Crippen LogP contribution is 2.06. The van der Waals surface area contributed by atoms with Crippen LogP contribution in [0.25, 0.3) is 0 Å². The Kier molecular flexibility index (Phi) is 7.49. The number of ether oxygens (including phenoxy) is 2. The number of esters is 2. The first-order chi connectivity index (χ1) is 7.67. The Morgan fingerprint density at radius 2 is 1.56 bits per heavy atom. The van der Waals surface area contributed by atoms with Crippen molar-refractivity contribution in [1.29, 1.82) is 0 Å². The fraction of sp³-hybridized carbons (Fsp3) is 0.333. The van der Waals surface area contributed by atoms with Crippen LogP contribution in [-0.4, -0.2) is 25.2 Å². The van der Waals surface area contributed by atoms with Crippen LogP contribution < -0.4 is 0 Å². The van der Waals surface area contributed by atoms with Crippen molar-refractivity contribution in [3.63, 3.8) is 0 Å². The molecular formula is C12H16O4. The molecule has 0 radical (unpaired) electrons. The zero-order valence-corrected chi connectivity index (χ0v) is 9.35. The Labute approximate surface area is 95.2 Å². The van der Waals surface area contributed by atoms with Gasteiger partial charge in [-0.3, -0.25) is 9.59 Å². The predicted molar refractivity (Wildman–Crippen MR) is 60.6 cm³/mol. The first kappa shape index (κ1) is 14.2. The van der Waals surface area contributed by atoms with Crippen molar-refractivity contribution in [2.45, 2.75) is 6.92 Å². The molecule has 0 spiro atoms. The van der Waals surface area contributed by atoms with Crippen LogP contribution in [0.4, 0.5) is 0 Å². The Balaban J connectivity index is 4.45. The molecule has 0 rings (SSSR count). The van der Waals surface area contributed by atoms with Gasteiger partial charge >= 0.3 is 11.9 Å². The van der Waals surface area contributed by atoms with Gasteiger partial charge in [0, 0.05) is 0 Å². The highest BCUT2D eigenvalue weighted by Gasteiger charge is 2.26. The largest absolute Gasteiger partial charge is 0.461 e. The van der Waals surface area contributed by atoms with Crippen LogP contribution in [0, 0.1) is 5.92 Å². The molecule has 0 aliphatic carbocycles. The van der Waals surface area contributed by atoms with Crippen LogP contribution in [0.15, 0.2) is 37.5 Å². The van der Waals surface area contributed by atoms with Crippen LogP contribution in [0.1, 0.15) is 6.92 Å². The molecule has 0 aromatic carbocycles. The van der Waals surface area contributed by atoms with Crippen molar-refractivity contribution < 1.29 is 19.1 Å². The smallest absolute Gasteiger partial charge is 0.324 e. The van der Waals surface area contributed by atoms with Crippen molar-refractivity contribution in [3.8, 4) is 0 Å². The summed E-state index contributed by atoms with van der Waals surface area (Å²) < 4.78 is 9.54. The molecule has 0 amide bonds. The summed E-state index contributed by atoms with van der Waals surface area (Å²) in [7, 11) is 0. The highest BCUT2D eigenvalue weighted by molar-refractivity contribution is 5.97. The molecule has 88 valence electrons. The first-order valence-corrected chi connectivity index (χ1v) is 4.85. The van der Waals surface area contributed by atoms with Gasteiger partial charge in [-0.2, -0.15) is 0 Å². The van der Waals surface area contributed by atoms with Gasteiger partial charge in [-0.1, -0.05) is 37.5 Å². The molecule has 0 fully saturated rings. The zero-order chi connectivity index (χ0) is 12.4. The molecular weight excluding hydrogens is 208 g/mol. The van der Waals surface area contributed by atoms with E-state index in [0.717, 1.165) is 0 Å². The lowest BCUT2D eigenvalue weighted by Crippen LogP contribution is -2.26. The number of hydrogen-bond donors (Lipinski definition) is 0. The zero-order valence-electron chi connectivity index (χ0n) is 9.35. The van der Waals surface area contributed by atoms with E-state index in [-0.39, 0.29) is 13.2 Å². The summed E-state index contributed by atoms with van der Waals surface area (Å²) in [5, 5.41) is 0. The fourth-order valence-corrected chi connectivity index (χ4v) is 0.907. The standard InChI is InChI=1S/C12H16O4/c1-4-7-10(11(13)15-8-5-2)12(14)16-9-6-3/h4-7,10H,2-3,8-9H2,1H3/b7-4+. The molecule has 4 nitrogen and oxygen atoms in total. The Hall–Kier alpha value is -1.84. The average molecular weight is 224 g/mol. The minimum Gasteiger partial charge on any atom is -0.461 e. The van der Waals surface area contributed by atoms with Gasteiger partial charge in [-0.05, 0) is 6.92 Å². The third-order valence-corrected chi connectivity index (χ3v) is 1.58. The van der Waals surface area contributed by atoms with Crippen LogP contribution >= 0.6 is 0 Å². The number of carbonyl (C=O) groups is 2. The summed E-state index contributed by atoms with van der Waals surface area (Å²) in [5.41, 5.74) is 0. The summed E-state index contributed by atoms with van der Waals surface area (Å²) in [6.07, 6.45) is 5.88. The van der Waals surface area contributed by atoms with E-state index < -0.39 is 17.9 Å². The van der Waals surface area contributed by atoms with Crippen molar-refractivity contribution in [2.75, 3.05) is 13.2 Å². The number of rotatable bonds is 7. The molecule has 4 heteroatoms. The minimum absolute atomic E-state index is 0.0711. The molecule has 0 aromatic heterocycles. The second-order valence-electron chi connectivity index (χ2n) is 2.84.